The van der Waals surface area contributed by atoms with Gasteiger partial charge in [0.15, 0.2) is 0 Å². The number of thioether (sulfide) groups is 1. The van der Waals surface area contributed by atoms with E-state index >= 15 is 0 Å². The Kier molecular flexibility index (Phi) is 4.64. The van der Waals surface area contributed by atoms with Crippen molar-refractivity contribution in [1.82, 2.24) is 0 Å². The highest BCUT2D eigenvalue weighted by atomic mass is 32.2. The van der Waals surface area contributed by atoms with E-state index in [0.717, 1.165) is 30.3 Å². The first-order valence-electron chi connectivity index (χ1n) is 10.1. The zero-order valence-corrected chi connectivity index (χ0v) is 17.4. The van der Waals surface area contributed by atoms with Crippen molar-refractivity contribution >= 4 is 34.3 Å². The molecule has 4 heteroatoms. The third-order valence-electron chi connectivity index (χ3n) is 5.37. The maximum atomic E-state index is 6.40. The van der Waals surface area contributed by atoms with Gasteiger partial charge in [0.05, 0.1) is 16.8 Å². The van der Waals surface area contributed by atoms with Gasteiger partial charge in [0.1, 0.15) is 6.54 Å². The summed E-state index contributed by atoms with van der Waals surface area (Å²) in [6.45, 7) is 6.13. The van der Waals surface area contributed by atoms with Crippen molar-refractivity contribution in [1.29, 1.82) is 0 Å². The van der Waals surface area contributed by atoms with E-state index in [-0.39, 0.29) is 0 Å². The van der Waals surface area contributed by atoms with Crippen LogP contribution in [0.2, 0.25) is 0 Å². The minimum Gasteiger partial charge on any atom is -0.398 e. The summed E-state index contributed by atoms with van der Waals surface area (Å²) in [5, 5.41) is 3.64. The smallest absolute Gasteiger partial charge is 0.376 e. The number of anilines is 1. The average Bonchev–Trinajstić information content (AvgIpc) is 3.33. The number of rotatable bonds is 4. The van der Waals surface area contributed by atoms with Gasteiger partial charge in [-0.3, -0.25) is 0 Å². The van der Waals surface area contributed by atoms with Crippen molar-refractivity contribution < 1.29 is 8.98 Å². The summed E-state index contributed by atoms with van der Waals surface area (Å²) in [6.07, 6.45) is 4.30. The van der Waals surface area contributed by atoms with Crippen LogP contribution in [0.4, 0.5) is 5.69 Å². The predicted octanol–water partition coefficient (Wildman–Crippen LogP) is 6.34. The van der Waals surface area contributed by atoms with Gasteiger partial charge in [-0.15, -0.1) is 0 Å². The fourth-order valence-electron chi connectivity index (χ4n) is 3.92. The Morgan fingerprint density at radius 1 is 0.966 bits per heavy atom. The molecule has 0 unspecified atom stereocenters. The van der Waals surface area contributed by atoms with E-state index in [9.17, 15) is 0 Å². The summed E-state index contributed by atoms with van der Waals surface area (Å²) in [6, 6.07) is 23.4. The van der Waals surface area contributed by atoms with Gasteiger partial charge in [-0.05, 0) is 36.8 Å². The average molecular weight is 400 g/mol. The SMILES string of the molecule is CCN1/C(=C/c2oc(-c3cccc4ccccc34)c[n+]2CC)Sc2ccccc21. The first kappa shape index (κ1) is 18.1. The van der Waals surface area contributed by atoms with Crippen molar-refractivity contribution in [3.05, 3.63) is 83.8 Å². The summed E-state index contributed by atoms with van der Waals surface area (Å²) in [7, 11) is 0. The van der Waals surface area contributed by atoms with Crippen LogP contribution in [-0.4, -0.2) is 6.54 Å². The van der Waals surface area contributed by atoms with Crippen molar-refractivity contribution in [3.8, 4) is 11.3 Å². The third kappa shape index (κ3) is 3.14. The fourth-order valence-corrected chi connectivity index (χ4v) is 5.07. The molecule has 0 atom stereocenters. The second-order valence-electron chi connectivity index (χ2n) is 7.04. The Morgan fingerprint density at radius 3 is 2.62 bits per heavy atom. The van der Waals surface area contributed by atoms with Crippen LogP contribution in [0.25, 0.3) is 28.2 Å². The number of nitrogens with zero attached hydrogens (tertiary/aromatic N) is 2. The number of aromatic nitrogens is 1. The lowest BCUT2D eigenvalue weighted by molar-refractivity contribution is -0.698. The summed E-state index contributed by atoms with van der Waals surface area (Å²) >= 11 is 1.80. The lowest BCUT2D eigenvalue weighted by Crippen LogP contribution is -2.32. The number of hydrogen-bond donors (Lipinski definition) is 0. The Balaban J connectivity index is 1.59. The molecule has 5 rings (SSSR count). The van der Waals surface area contributed by atoms with E-state index in [1.807, 2.05) is 0 Å². The molecule has 0 saturated carbocycles. The fraction of sp³-hybridized carbons (Fsp3) is 0.160. The van der Waals surface area contributed by atoms with Crippen LogP contribution in [0.5, 0.6) is 0 Å². The second-order valence-corrected chi connectivity index (χ2v) is 8.11. The monoisotopic (exact) mass is 399 g/mol. The van der Waals surface area contributed by atoms with E-state index in [0.29, 0.717) is 0 Å². The molecular weight excluding hydrogens is 376 g/mol. The molecule has 1 aliphatic heterocycles. The second kappa shape index (κ2) is 7.45. The molecule has 0 fully saturated rings. The highest BCUT2D eigenvalue weighted by Crippen LogP contribution is 2.46. The molecule has 1 aromatic heterocycles. The molecule has 144 valence electrons. The Bertz CT molecular complexity index is 1220. The van der Waals surface area contributed by atoms with Gasteiger partial charge in [0, 0.05) is 17.0 Å². The van der Waals surface area contributed by atoms with E-state index < -0.39 is 0 Å². The summed E-state index contributed by atoms with van der Waals surface area (Å²) in [5.41, 5.74) is 2.40. The van der Waals surface area contributed by atoms with Crippen LogP contribution in [-0.2, 0) is 6.54 Å². The molecule has 3 aromatic carbocycles. The van der Waals surface area contributed by atoms with Gasteiger partial charge in [0.25, 0.3) is 0 Å². The number of fused-ring (bicyclic) bond motifs is 2. The number of oxazole rings is 1. The highest BCUT2D eigenvalue weighted by molar-refractivity contribution is 8.03. The molecule has 4 aromatic rings. The minimum absolute atomic E-state index is 0.858. The Hall–Kier alpha value is -2.98. The molecule has 2 heterocycles. The van der Waals surface area contributed by atoms with E-state index in [1.165, 1.54) is 26.4 Å². The molecule has 3 nitrogen and oxygen atoms in total. The molecule has 0 radical (unpaired) electrons. The van der Waals surface area contributed by atoms with E-state index in [2.05, 4.69) is 102 Å². The molecule has 0 aliphatic carbocycles. The number of hydrogen-bond acceptors (Lipinski definition) is 3. The topological polar surface area (TPSA) is 20.3 Å². The van der Waals surface area contributed by atoms with Gasteiger partial charge < -0.3 is 9.32 Å². The molecule has 0 saturated heterocycles. The summed E-state index contributed by atoms with van der Waals surface area (Å²) in [5.74, 6) is 1.78. The lowest BCUT2D eigenvalue weighted by Gasteiger charge is -2.16. The zero-order chi connectivity index (χ0) is 19.8. The van der Waals surface area contributed by atoms with Crippen LogP contribution in [0.1, 0.15) is 19.7 Å². The molecule has 0 amide bonds. The molecule has 0 spiro atoms. The van der Waals surface area contributed by atoms with Crippen molar-refractivity contribution in [2.24, 2.45) is 0 Å². The van der Waals surface area contributed by atoms with Crippen LogP contribution in [0, 0.1) is 0 Å². The maximum absolute atomic E-state index is 6.40. The standard InChI is InChI=1S/C25H23N2OS/c1-3-26-17-22(20-13-9-11-18-10-5-6-12-19(18)20)28-24(26)16-25-27(4-2)21-14-7-8-15-23(21)29-25/h5-17H,3-4H2,1-2H3/q+1. The van der Waals surface area contributed by atoms with Crippen LogP contribution >= 0.6 is 11.8 Å². The number of benzene rings is 3. The normalized spacial score (nSPS) is 14.7. The number of para-hydroxylation sites is 1. The molecule has 0 bridgehead atoms. The van der Waals surface area contributed by atoms with Crippen LogP contribution < -0.4 is 9.47 Å². The van der Waals surface area contributed by atoms with Gasteiger partial charge in [-0.25, -0.2) is 0 Å². The van der Waals surface area contributed by atoms with E-state index in [4.69, 9.17) is 4.42 Å². The van der Waals surface area contributed by atoms with Gasteiger partial charge in [0.2, 0.25) is 12.0 Å². The largest absolute Gasteiger partial charge is 0.398 e. The van der Waals surface area contributed by atoms with Gasteiger partial charge in [-0.1, -0.05) is 66.4 Å². The van der Waals surface area contributed by atoms with Gasteiger partial charge >= 0.3 is 5.89 Å². The molecule has 29 heavy (non-hydrogen) atoms. The zero-order valence-electron chi connectivity index (χ0n) is 16.6. The molecule has 1 aliphatic rings. The highest BCUT2D eigenvalue weighted by Gasteiger charge is 2.27. The number of aryl methyl sites for hydroxylation is 1. The minimum atomic E-state index is 0.858. The van der Waals surface area contributed by atoms with Crippen molar-refractivity contribution in [2.45, 2.75) is 25.3 Å². The van der Waals surface area contributed by atoms with E-state index in [1.54, 1.807) is 11.8 Å². The van der Waals surface area contributed by atoms with Crippen LogP contribution in [0.3, 0.4) is 0 Å². The maximum Gasteiger partial charge on any atom is 0.376 e. The summed E-state index contributed by atoms with van der Waals surface area (Å²) < 4.78 is 8.58. The molecule has 0 N–H and O–H groups in total. The van der Waals surface area contributed by atoms with Gasteiger partial charge in [-0.2, -0.15) is 4.57 Å². The first-order chi connectivity index (χ1) is 14.3. The Labute approximate surface area is 175 Å². The van der Waals surface area contributed by atoms with Crippen LogP contribution in [0.15, 0.2) is 87.3 Å². The quantitative estimate of drug-likeness (QED) is 0.374. The van der Waals surface area contributed by atoms with Crippen molar-refractivity contribution in [2.75, 3.05) is 11.4 Å². The summed E-state index contributed by atoms with van der Waals surface area (Å²) in [4.78, 5) is 3.64. The molecular formula is C25H23N2OS+. The Morgan fingerprint density at radius 2 is 1.76 bits per heavy atom. The first-order valence-corrected chi connectivity index (χ1v) is 10.9. The lowest BCUT2D eigenvalue weighted by atomic mass is 10.0. The van der Waals surface area contributed by atoms with Crippen molar-refractivity contribution in [3.63, 3.8) is 0 Å². The third-order valence-corrected chi connectivity index (χ3v) is 6.48. The predicted molar refractivity (Wildman–Crippen MR) is 121 cm³/mol.